The number of aromatic nitrogens is 5. The maximum Gasteiger partial charge on any atom is 0.159 e. The maximum atomic E-state index is 11.4. The average Bonchev–Trinajstić information content (AvgIpc) is 3.14. The molecule has 0 amide bonds. The number of hydrogen-bond donors (Lipinski definition) is 0. The van der Waals surface area contributed by atoms with Gasteiger partial charge in [-0.1, -0.05) is 24.3 Å². The third-order valence-corrected chi connectivity index (χ3v) is 4.00. The zero-order chi connectivity index (χ0) is 17.1. The van der Waals surface area contributed by atoms with Crippen molar-refractivity contribution in [2.24, 2.45) is 0 Å². The second-order valence-corrected chi connectivity index (χ2v) is 5.86. The number of benzene rings is 1. The van der Waals surface area contributed by atoms with E-state index in [1.54, 1.807) is 13.1 Å². The summed E-state index contributed by atoms with van der Waals surface area (Å²) in [5, 5.41) is 4.38. The first-order valence-corrected chi connectivity index (χ1v) is 8.05. The van der Waals surface area contributed by atoms with Crippen molar-refractivity contribution in [3.8, 4) is 11.4 Å². The first kappa shape index (κ1) is 16.1. The summed E-state index contributed by atoms with van der Waals surface area (Å²) in [6.07, 6.45) is 4.73. The molecule has 0 atom stereocenters. The van der Waals surface area contributed by atoms with Crippen molar-refractivity contribution in [3.05, 3.63) is 53.9 Å². The second-order valence-electron chi connectivity index (χ2n) is 5.86. The number of rotatable bonds is 6. The number of Topliss-reactive ketones (excluding diaryl/α,β-unsaturated/α-hetero) is 1. The minimum Gasteiger partial charge on any atom is -0.331 e. The van der Waals surface area contributed by atoms with Gasteiger partial charge in [0.25, 0.3) is 0 Å². The number of nitrogens with zero attached hydrogens (tertiary/aromatic N) is 5. The van der Waals surface area contributed by atoms with Crippen LogP contribution in [-0.2, 0) is 13.1 Å². The van der Waals surface area contributed by atoms with Crippen molar-refractivity contribution in [1.29, 1.82) is 0 Å². The molecule has 2 aromatic heterocycles. The fourth-order valence-electron chi connectivity index (χ4n) is 2.77. The summed E-state index contributed by atoms with van der Waals surface area (Å²) in [6, 6.07) is 7.58. The molecule has 0 unspecified atom stereocenters. The van der Waals surface area contributed by atoms with Crippen LogP contribution in [0.25, 0.3) is 11.4 Å². The van der Waals surface area contributed by atoms with E-state index in [4.69, 9.17) is 0 Å². The lowest BCUT2D eigenvalue weighted by Crippen LogP contribution is -2.07. The highest BCUT2D eigenvalue weighted by Gasteiger charge is 2.08. The highest BCUT2D eigenvalue weighted by Crippen LogP contribution is 2.19. The van der Waals surface area contributed by atoms with Crippen LogP contribution in [0.4, 0.5) is 0 Å². The van der Waals surface area contributed by atoms with Gasteiger partial charge < -0.3 is 4.57 Å². The summed E-state index contributed by atoms with van der Waals surface area (Å²) >= 11 is 0. The number of hydrogen-bond acceptors (Lipinski definition) is 4. The Hall–Kier alpha value is -2.76. The molecular formula is C18H21N5O. The first-order valence-electron chi connectivity index (χ1n) is 8.05. The summed E-state index contributed by atoms with van der Waals surface area (Å²) < 4.78 is 4.06. The van der Waals surface area contributed by atoms with E-state index in [0.29, 0.717) is 5.56 Å². The van der Waals surface area contributed by atoms with E-state index >= 15 is 0 Å². The van der Waals surface area contributed by atoms with Gasteiger partial charge in [-0.2, -0.15) is 5.10 Å². The van der Waals surface area contributed by atoms with Crippen molar-refractivity contribution in [1.82, 2.24) is 24.3 Å². The molecule has 3 aromatic rings. The van der Waals surface area contributed by atoms with Crippen LogP contribution >= 0.6 is 0 Å². The SMILES string of the molecule is CC(=O)c1ccc(-c2nccn2CCCn2nc(C)nc2C)cc1. The summed E-state index contributed by atoms with van der Waals surface area (Å²) in [6.45, 7) is 7.13. The van der Waals surface area contributed by atoms with Gasteiger partial charge in [-0.3, -0.25) is 9.48 Å². The summed E-state index contributed by atoms with van der Waals surface area (Å²) in [5.74, 6) is 2.74. The normalized spacial score (nSPS) is 11.0. The standard InChI is InChI=1S/C18H21N5O/c1-13(24)16-5-7-17(8-6-16)18-19-9-12-22(18)10-4-11-23-15(3)20-14(2)21-23/h5-9,12H,4,10-11H2,1-3H3. The molecule has 0 N–H and O–H groups in total. The number of carbonyl (C=O) groups excluding carboxylic acids is 1. The molecule has 0 saturated carbocycles. The molecule has 2 heterocycles. The monoisotopic (exact) mass is 323 g/mol. The Bertz CT molecular complexity index is 845. The van der Waals surface area contributed by atoms with Crippen molar-refractivity contribution < 1.29 is 4.79 Å². The van der Waals surface area contributed by atoms with E-state index in [0.717, 1.165) is 42.5 Å². The van der Waals surface area contributed by atoms with Crippen LogP contribution in [0.3, 0.4) is 0 Å². The highest BCUT2D eigenvalue weighted by molar-refractivity contribution is 5.94. The van der Waals surface area contributed by atoms with Crippen molar-refractivity contribution in [3.63, 3.8) is 0 Å². The topological polar surface area (TPSA) is 65.6 Å². The Kier molecular flexibility index (Phi) is 4.55. The molecule has 6 nitrogen and oxygen atoms in total. The van der Waals surface area contributed by atoms with Crippen LogP contribution < -0.4 is 0 Å². The van der Waals surface area contributed by atoms with Gasteiger partial charge in [-0.05, 0) is 27.2 Å². The molecule has 0 radical (unpaired) electrons. The van der Waals surface area contributed by atoms with E-state index in [1.165, 1.54) is 0 Å². The zero-order valence-electron chi connectivity index (χ0n) is 14.2. The van der Waals surface area contributed by atoms with E-state index in [9.17, 15) is 4.79 Å². The molecule has 0 aliphatic heterocycles. The van der Waals surface area contributed by atoms with Gasteiger partial charge in [0.15, 0.2) is 5.78 Å². The quantitative estimate of drug-likeness (QED) is 0.654. The van der Waals surface area contributed by atoms with E-state index in [-0.39, 0.29) is 5.78 Å². The molecule has 124 valence electrons. The predicted octanol–water partition coefficient (Wildman–Crippen LogP) is 3.05. The van der Waals surface area contributed by atoms with E-state index in [1.807, 2.05) is 49.0 Å². The summed E-state index contributed by atoms with van der Waals surface area (Å²) in [4.78, 5) is 20.2. The molecule has 6 heteroatoms. The third-order valence-electron chi connectivity index (χ3n) is 4.00. The van der Waals surface area contributed by atoms with Gasteiger partial charge in [0.05, 0.1) is 0 Å². The van der Waals surface area contributed by atoms with Gasteiger partial charge in [0.1, 0.15) is 17.5 Å². The lowest BCUT2D eigenvalue weighted by atomic mass is 10.1. The molecule has 0 aliphatic rings. The van der Waals surface area contributed by atoms with Gasteiger partial charge in [-0.15, -0.1) is 0 Å². The molecule has 0 aliphatic carbocycles. The first-order chi connectivity index (χ1) is 11.5. The Balaban J connectivity index is 1.69. The largest absolute Gasteiger partial charge is 0.331 e. The molecule has 0 saturated heterocycles. The van der Waals surface area contributed by atoms with E-state index in [2.05, 4.69) is 19.6 Å². The van der Waals surface area contributed by atoms with E-state index < -0.39 is 0 Å². The summed E-state index contributed by atoms with van der Waals surface area (Å²) in [7, 11) is 0. The zero-order valence-corrected chi connectivity index (χ0v) is 14.2. The molecule has 0 bridgehead atoms. The van der Waals surface area contributed by atoms with Crippen molar-refractivity contribution in [2.75, 3.05) is 0 Å². The average molecular weight is 323 g/mol. The molecule has 0 fully saturated rings. The minimum absolute atomic E-state index is 0.0726. The molecule has 1 aromatic carbocycles. The smallest absolute Gasteiger partial charge is 0.159 e. The van der Waals surface area contributed by atoms with Crippen molar-refractivity contribution in [2.45, 2.75) is 40.3 Å². The number of carbonyl (C=O) groups is 1. The summed E-state index contributed by atoms with van der Waals surface area (Å²) in [5.41, 5.74) is 1.73. The molecular weight excluding hydrogens is 302 g/mol. The Morgan fingerprint density at radius 2 is 1.88 bits per heavy atom. The molecule has 24 heavy (non-hydrogen) atoms. The minimum atomic E-state index is 0.0726. The van der Waals surface area contributed by atoms with Crippen LogP contribution in [0.15, 0.2) is 36.7 Å². The highest BCUT2D eigenvalue weighted by atomic mass is 16.1. The maximum absolute atomic E-state index is 11.4. The fourth-order valence-corrected chi connectivity index (χ4v) is 2.77. The van der Waals surface area contributed by atoms with Gasteiger partial charge >= 0.3 is 0 Å². The van der Waals surface area contributed by atoms with Gasteiger partial charge in [0.2, 0.25) is 0 Å². The van der Waals surface area contributed by atoms with Crippen LogP contribution in [0, 0.1) is 13.8 Å². The second kappa shape index (κ2) is 6.78. The van der Waals surface area contributed by atoms with Gasteiger partial charge in [-0.25, -0.2) is 9.97 Å². The number of ketones is 1. The lowest BCUT2D eigenvalue weighted by molar-refractivity contribution is 0.101. The fraction of sp³-hybridized carbons (Fsp3) is 0.333. The number of imidazole rings is 1. The number of aryl methyl sites for hydroxylation is 4. The van der Waals surface area contributed by atoms with Crippen LogP contribution in [0.2, 0.25) is 0 Å². The molecule has 0 spiro atoms. The van der Waals surface area contributed by atoms with Crippen LogP contribution in [0.1, 0.15) is 35.4 Å². The third kappa shape index (κ3) is 3.42. The van der Waals surface area contributed by atoms with Gasteiger partial charge in [0, 0.05) is 36.6 Å². The lowest BCUT2D eigenvalue weighted by Gasteiger charge is -2.09. The molecule has 3 rings (SSSR count). The van der Waals surface area contributed by atoms with Crippen molar-refractivity contribution >= 4 is 5.78 Å². The van der Waals surface area contributed by atoms with Crippen LogP contribution in [-0.4, -0.2) is 30.1 Å². The Morgan fingerprint density at radius 1 is 1.12 bits per heavy atom. The Morgan fingerprint density at radius 3 is 2.50 bits per heavy atom. The van der Waals surface area contributed by atoms with Crippen LogP contribution in [0.5, 0.6) is 0 Å². The predicted molar refractivity (Wildman–Crippen MR) is 91.8 cm³/mol. The Labute approximate surface area is 141 Å².